The highest BCUT2D eigenvalue weighted by Gasteiger charge is 2.13. The molecule has 0 N–H and O–H groups in total. The Morgan fingerprint density at radius 3 is 2.62 bits per heavy atom. The molecule has 0 aliphatic heterocycles. The minimum absolute atomic E-state index is 0.189. The average molecular weight is 370 g/mol. The third kappa shape index (κ3) is 3.65. The van der Waals surface area contributed by atoms with Crippen molar-refractivity contribution in [2.45, 2.75) is 20.1 Å². The van der Waals surface area contributed by atoms with E-state index in [9.17, 15) is 4.39 Å². The molecule has 0 saturated carbocycles. The predicted octanol–water partition coefficient (Wildman–Crippen LogP) is 3.79. The number of aryl methyl sites for hydroxylation is 1. The van der Waals surface area contributed by atoms with Gasteiger partial charge in [-0.3, -0.25) is 0 Å². The minimum Gasteiger partial charge on any atom is -0.486 e. The molecule has 0 radical (unpaired) electrons. The lowest BCUT2D eigenvalue weighted by atomic mass is 10.2. The van der Waals surface area contributed by atoms with E-state index in [4.69, 9.17) is 9.47 Å². The van der Waals surface area contributed by atoms with Crippen molar-refractivity contribution in [3.63, 3.8) is 0 Å². The molecule has 2 aromatic carbocycles. The topological polar surface area (TPSA) is 61.5 Å². The second-order valence-corrected chi connectivity index (χ2v) is 6.69. The van der Waals surface area contributed by atoms with Crippen LogP contribution in [-0.2, 0) is 13.2 Å². The Morgan fingerprint density at radius 2 is 1.81 bits per heavy atom. The molecule has 0 saturated heterocycles. The van der Waals surface area contributed by atoms with Crippen LogP contribution in [0.25, 0.3) is 4.96 Å². The van der Waals surface area contributed by atoms with Crippen molar-refractivity contribution in [1.29, 1.82) is 0 Å². The maximum Gasteiger partial charge on any atom is 0.234 e. The van der Waals surface area contributed by atoms with E-state index < -0.39 is 0 Å². The molecule has 0 atom stereocenters. The normalized spacial score (nSPS) is 11.0. The van der Waals surface area contributed by atoms with Gasteiger partial charge in [-0.05, 0) is 48.9 Å². The number of fused-ring (bicyclic) bond motifs is 1. The quantitative estimate of drug-likeness (QED) is 0.517. The van der Waals surface area contributed by atoms with Crippen molar-refractivity contribution in [2.24, 2.45) is 0 Å². The Morgan fingerprint density at radius 1 is 1.00 bits per heavy atom. The Balaban J connectivity index is 1.43. The van der Waals surface area contributed by atoms with E-state index in [1.165, 1.54) is 23.5 Å². The fourth-order valence-electron chi connectivity index (χ4n) is 2.37. The Hall–Kier alpha value is -3.00. The molecule has 26 heavy (non-hydrogen) atoms. The molecule has 132 valence electrons. The lowest BCUT2D eigenvalue weighted by Gasteiger charge is -2.04. The number of benzene rings is 2. The van der Waals surface area contributed by atoms with Crippen LogP contribution >= 0.6 is 11.3 Å². The second-order valence-electron chi connectivity index (χ2n) is 5.65. The van der Waals surface area contributed by atoms with Crippen molar-refractivity contribution in [3.05, 3.63) is 70.7 Å². The first-order valence-corrected chi connectivity index (χ1v) is 8.77. The van der Waals surface area contributed by atoms with Crippen molar-refractivity contribution in [1.82, 2.24) is 19.8 Å². The fourth-order valence-corrected chi connectivity index (χ4v) is 3.14. The van der Waals surface area contributed by atoms with E-state index in [0.29, 0.717) is 23.1 Å². The molecule has 4 rings (SSSR count). The molecule has 0 aliphatic rings. The summed E-state index contributed by atoms with van der Waals surface area (Å²) in [5.74, 6) is 1.62. The summed E-state index contributed by atoms with van der Waals surface area (Å²) < 4.78 is 25.9. The standard InChI is InChI=1S/C18H15FN4O2S/c1-12-3-2-4-15(9-12)25-11-17-22-23-16(20-21-18(23)26-17)10-24-14-7-5-13(19)6-8-14/h2-9H,10-11H2,1H3. The van der Waals surface area contributed by atoms with E-state index >= 15 is 0 Å². The largest absolute Gasteiger partial charge is 0.486 e. The van der Waals surface area contributed by atoms with E-state index in [1.807, 2.05) is 31.2 Å². The summed E-state index contributed by atoms with van der Waals surface area (Å²) >= 11 is 1.41. The maximum absolute atomic E-state index is 12.9. The van der Waals surface area contributed by atoms with Crippen LogP contribution in [-0.4, -0.2) is 19.8 Å². The van der Waals surface area contributed by atoms with Crippen molar-refractivity contribution >= 4 is 16.3 Å². The molecule has 0 aliphatic carbocycles. The maximum atomic E-state index is 12.9. The van der Waals surface area contributed by atoms with Crippen molar-refractivity contribution < 1.29 is 13.9 Å². The zero-order chi connectivity index (χ0) is 17.9. The van der Waals surface area contributed by atoms with Gasteiger partial charge in [-0.25, -0.2) is 4.39 Å². The number of hydrogen-bond donors (Lipinski definition) is 0. The van der Waals surface area contributed by atoms with Crippen LogP contribution < -0.4 is 9.47 Å². The van der Waals surface area contributed by atoms with Gasteiger partial charge < -0.3 is 9.47 Å². The Labute approximate surface area is 152 Å². The molecule has 2 heterocycles. The van der Waals surface area contributed by atoms with Crippen molar-refractivity contribution in [2.75, 3.05) is 0 Å². The van der Waals surface area contributed by atoms with Gasteiger partial charge in [-0.2, -0.15) is 9.61 Å². The van der Waals surface area contributed by atoms with Crippen LogP contribution in [0, 0.1) is 12.7 Å². The van der Waals surface area contributed by atoms with Gasteiger partial charge in [0.15, 0.2) is 10.8 Å². The van der Waals surface area contributed by atoms with Gasteiger partial charge in [0.1, 0.15) is 30.5 Å². The molecule has 0 amide bonds. The summed E-state index contributed by atoms with van der Waals surface area (Å²) in [6, 6.07) is 13.7. The molecule has 2 aromatic heterocycles. The van der Waals surface area contributed by atoms with E-state index in [0.717, 1.165) is 16.3 Å². The highest BCUT2D eigenvalue weighted by molar-refractivity contribution is 7.16. The van der Waals surface area contributed by atoms with Crippen LogP contribution in [0.3, 0.4) is 0 Å². The number of hydrogen-bond acceptors (Lipinski definition) is 6. The first-order chi connectivity index (χ1) is 12.7. The molecule has 6 nitrogen and oxygen atoms in total. The van der Waals surface area contributed by atoms with Crippen molar-refractivity contribution in [3.8, 4) is 11.5 Å². The number of ether oxygens (including phenoxy) is 2. The van der Waals surface area contributed by atoms with Gasteiger partial charge in [0.25, 0.3) is 0 Å². The van der Waals surface area contributed by atoms with Crippen LogP contribution in [0.5, 0.6) is 11.5 Å². The third-order valence-electron chi connectivity index (χ3n) is 3.63. The molecule has 0 bridgehead atoms. The van der Waals surface area contributed by atoms with E-state index in [-0.39, 0.29) is 12.4 Å². The number of nitrogens with zero attached hydrogens (tertiary/aromatic N) is 4. The molecule has 0 unspecified atom stereocenters. The highest BCUT2D eigenvalue weighted by Crippen LogP contribution is 2.19. The molecule has 0 fully saturated rings. The average Bonchev–Trinajstić information content (AvgIpc) is 3.20. The highest BCUT2D eigenvalue weighted by atomic mass is 32.1. The van der Waals surface area contributed by atoms with Gasteiger partial charge in [0.2, 0.25) is 4.96 Å². The van der Waals surface area contributed by atoms with Gasteiger partial charge in [0.05, 0.1) is 0 Å². The first-order valence-electron chi connectivity index (χ1n) is 7.95. The Kier molecular flexibility index (Phi) is 4.49. The lowest BCUT2D eigenvalue weighted by Crippen LogP contribution is -2.03. The van der Waals surface area contributed by atoms with Gasteiger partial charge in [-0.15, -0.1) is 10.2 Å². The zero-order valence-electron chi connectivity index (χ0n) is 13.9. The summed E-state index contributed by atoms with van der Waals surface area (Å²) in [6.45, 7) is 2.56. The summed E-state index contributed by atoms with van der Waals surface area (Å²) in [6.07, 6.45) is 0. The lowest BCUT2D eigenvalue weighted by molar-refractivity contribution is 0.289. The predicted molar refractivity (Wildman–Crippen MR) is 94.9 cm³/mol. The van der Waals surface area contributed by atoms with Crippen LogP contribution in [0.4, 0.5) is 4.39 Å². The monoisotopic (exact) mass is 370 g/mol. The number of halogens is 1. The minimum atomic E-state index is -0.306. The molecule has 0 spiro atoms. The van der Waals surface area contributed by atoms with Crippen LogP contribution in [0.2, 0.25) is 0 Å². The second kappa shape index (κ2) is 7.09. The number of rotatable bonds is 6. The van der Waals surface area contributed by atoms with Crippen LogP contribution in [0.15, 0.2) is 48.5 Å². The molecular weight excluding hydrogens is 355 g/mol. The Bertz CT molecular complexity index is 1030. The van der Waals surface area contributed by atoms with Gasteiger partial charge >= 0.3 is 0 Å². The van der Waals surface area contributed by atoms with E-state index in [1.54, 1.807) is 16.6 Å². The first kappa shape index (κ1) is 16.5. The van der Waals surface area contributed by atoms with E-state index in [2.05, 4.69) is 15.3 Å². The molecule has 8 heteroatoms. The fraction of sp³-hybridized carbons (Fsp3) is 0.167. The summed E-state index contributed by atoms with van der Waals surface area (Å²) in [7, 11) is 0. The third-order valence-corrected chi connectivity index (χ3v) is 4.50. The summed E-state index contributed by atoms with van der Waals surface area (Å²) in [4.78, 5) is 0.672. The molecule has 4 aromatic rings. The van der Waals surface area contributed by atoms with Gasteiger partial charge in [0, 0.05) is 0 Å². The smallest absolute Gasteiger partial charge is 0.234 e. The zero-order valence-corrected chi connectivity index (χ0v) is 14.7. The summed E-state index contributed by atoms with van der Waals surface area (Å²) in [5.41, 5.74) is 1.14. The van der Waals surface area contributed by atoms with Gasteiger partial charge in [-0.1, -0.05) is 23.5 Å². The molecular formula is C18H15FN4O2S. The SMILES string of the molecule is Cc1cccc(OCc2nn3c(COc4ccc(F)cc4)nnc3s2)c1. The van der Waals surface area contributed by atoms with Crippen LogP contribution in [0.1, 0.15) is 16.4 Å². The summed E-state index contributed by atoms with van der Waals surface area (Å²) in [5, 5.41) is 13.5. The number of aromatic nitrogens is 4.